The average Bonchev–Trinajstić information content (AvgIpc) is 2.78. The van der Waals surface area contributed by atoms with Gasteiger partial charge in [-0.25, -0.2) is 0 Å². The Balaban J connectivity index is 1.63. The number of carbonyl (C=O) groups excluding carboxylic acids is 1. The summed E-state index contributed by atoms with van der Waals surface area (Å²) in [5.74, 6) is 0.841. The molecule has 5 aliphatic rings. The summed E-state index contributed by atoms with van der Waals surface area (Å²) in [6.07, 6.45) is 10.2. The molecule has 0 bridgehead atoms. The molecule has 198 valence electrons. The maximum absolute atomic E-state index is 13.4. The summed E-state index contributed by atoms with van der Waals surface area (Å²) in [7, 11) is 1.55. The van der Waals surface area contributed by atoms with Crippen molar-refractivity contribution in [2.45, 2.75) is 118 Å². The van der Waals surface area contributed by atoms with Gasteiger partial charge in [-0.15, -0.1) is 0 Å². The molecular formula is C31H50O4. The van der Waals surface area contributed by atoms with Crippen LogP contribution in [0.15, 0.2) is 11.6 Å². The third-order valence-electron chi connectivity index (χ3n) is 13.3. The van der Waals surface area contributed by atoms with E-state index in [1.807, 2.05) is 0 Å². The highest BCUT2D eigenvalue weighted by Gasteiger charge is 2.71. The first-order chi connectivity index (χ1) is 16.1. The molecule has 0 aromatic rings. The van der Waals surface area contributed by atoms with E-state index in [2.05, 4.69) is 54.5 Å². The van der Waals surface area contributed by atoms with Gasteiger partial charge in [0.05, 0.1) is 24.7 Å². The number of allylic oxidation sites excluding steroid dienone is 2. The number of hydrogen-bond donors (Lipinski definition) is 2. The first-order valence-corrected chi connectivity index (χ1v) is 14.3. The zero-order valence-corrected chi connectivity index (χ0v) is 23.5. The third kappa shape index (κ3) is 3.08. The van der Waals surface area contributed by atoms with E-state index in [9.17, 15) is 15.0 Å². The van der Waals surface area contributed by atoms with E-state index >= 15 is 0 Å². The molecule has 0 heterocycles. The molecule has 35 heavy (non-hydrogen) atoms. The quantitative estimate of drug-likeness (QED) is 0.337. The number of aliphatic hydroxyl groups is 2. The Kier molecular flexibility index (Phi) is 5.59. The Morgan fingerprint density at radius 2 is 1.57 bits per heavy atom. The fraction of sp³-hybridized carbons (Fsp3) is 0.903. The predicted molar refractivity (Wildman–Crippen MR) is 138 cm³/mol. The monoisotopic (exact) mass is 486 g/mol. The van der Waals surface area contributed by atoms with E-state index in [0.29, 0.717) is 11.8 Å². The van der Waals surface area contributed by atoms with Crippen molar-refractivity contribution in [3.05, 3.63) is 11.6 Å². The second kappa shape index (κ2) is 7.59. The summed E-state index contributed by atoms with van der Waals surface area (Å²) in [4.78, 5) is 13.4. The van der Waals surface area contributed by atoms with Crippen molar-refractivity contribution in [2.24, 2.45) is 50.2 Å². The SMILES string of the molecule is COC(=O)[C@]12CCC(C)(C)C[C@H]1C1=CC[C@@H]3[C@@]4(C)CC[C@H](O)C(C)(C)[C@@H]4C[C@H](O)[C@@]3(C)[C@]1(C)CC2. The van der Waals surface area contributed by atoms with Crippen LogP contribution in [0.1, 0.15) is 106 Å². The van der Waals surface area contributed by atoms with Crippen LogP contribution in [0, 0.1) is 50.2 Å². The first-order valence-electron chi connectivity index (χ1n) is 14.3. The lowest BCUT2D eigenvalue weighted by atomic mass is 9.33. The van der Waals surface area contributed by atoms with Crippen LogP contribution in [0.3, 0.4) is 0 Å². The number of aliphatic hydroxyl groups excluding tert-OH is 2. The van der Waals surface area contributed by atoms with Crippen molar-refractivity contribution in [3.63, 3.8) is 0 Å². The number of rotatable bonds is 1. The molecule has 9 atom stereocenters. The van der Waals surface area contributed by atoms with Crippen LogP contribution in [0.25, 0.3) is 0 Å². The molecule has 0 unspecified atom stereocenters. The van der Waals surface area contributed by atoms with Gasteiger partial charge >= 0.3 is 5.97 Å². The van der Waals surface area contributed by atoms with Gasteiger partial charge in [0.1, 0.15) is 0 Å². The van der Waals surface area contributed by atoms with E-state index in [1.165, 1.54) is 5.57 Å². The predicted octanol–water partition coefficient (Wildman–Crippen LogP) is 6.29. The molecule has 4 fully saturated rings. The largest absolute Gasteiger partial charge is 0.469 e. The molecule has 0 radical (unpaired) electrons. The highest BCUT2D eigenvalue weighted by molar-refractivity contribution is 5.78. The summed E-state index contributed by atoms with van der Waals surface area (Å²) in [6, 6.07) is 0. The second-order valence-corrected chi connectivity index (χ2v) is 15.3. The van der Waals surface area contributed by atoms with Crippen molar-refractivity contribution >= 4 is 5.97 Å². The van der Waals surface area contributed by atoms with Gasteiger partial charge in [-0.05, 0) is 97.2 Å². The Bertz CT molecular complexity index is 934. The zero-order valence-electron chi connectivity index (χ0n) is 23.5. The minimum atomic E-state index is -0.415. The average molecular weight is 487 g/mol. The van der Waals surface area contributed by atoms with Gasteiger partial charge in [-0.3, -0.25) is 4.79 Å². The molecule has 4 heteroatoms. The van der Waals surface area contributed by atoms with E-state index in [0.717, 1.165) is 57.8 Å². The van der Waals surface area contributed by atoms with Crippen LogP contribution in [0.4, 0.5) is 0 Å². The number of ether oxygens (including phenoxy) is 1. The second-order valence-electron chi connectivity index (χ2n) is 15.3. The Hall–Kier alpha value is -0.870. The van der Waals surface area contributed by atoms with E-state index in [4.69, 9.17) is 4.74 Å². The number of esters is 1. The molecule has 2 N–H and O–H groups in total. The number of methoxy groups -OCH3 is 1. The van der Waals surface area contributed by atoms with Gasteiger partial charge in [0.25, 0.3) is 0 Å². The maximum atomic E-state index is 13.4. The van der Waals surface area contributed by atoms with Crippen molar-refractivity contribution in [1.29, 1.82) is 0 Å². The molecular weight excluding hydrogens is 436 g/mol. The fourth-order valence-corrected chi connectivity index (χ4v) is 10.8. The number of fused-ring (bicyclic) bond motifs is 7. The smallest absolute Gasteiger partial charge is 0.312 e. The van der Waals surface area contributed by atoms with Crippen LogP contribution in [-0.2, 0) is 9.53 Å². The summed E-state index contributed by atoms with van der Waals surface area (Å²) >= 11 is 0. The summed E-state index contributed by atoms with van der Waals surface area (Å²) in [5.41, 5.74) is 0.734. The number of carbonyl (C=O) groups is 1. The van der Waals surface area contributed by atoms with Crippen LogP contribution in [-0.4, -0.2) is 35.5 Å². The minimum Gasteiger partial charge on any atom is -0.469 e. The molecule has 0 aromatic heterocycles. The molecule has 5 aliphatic carbocycles. The summed E-state index contributed by atoms with van der Waals surface area (Å²) in [5, 5.41) is 23.0. The summed E-state index contributed by atoms with van der Waals surface area (Å²) in [6.45, 7) is 16.4. The third-order valence-corrected chi connectivity index (χ3v) is 13.3. The molecule has 0 aromatic carbocycles. The van der Waals surface area contributed by atoms with Crippen LogP contribution >= 0.6 is 0 Å². The lowest BCUT2D eigenvalue weighted by Gasteiger charge is -2.72. The highest BCUT2D eigenvalue weighted by Crippen LogP contribution is 2.75. The minimum absolute atomic E-state index is 0.0209. The molecule has 0 spiro atoms. The molecule has 4 saturated carbocycles. The molecule has 0 saturated heterocycles. The van der Waals surface area contributed by atoms with Gasteiger partial charge < -0.3 is 14.9 Å². The van der Waals surface area contributed by atoms with Crippen molar-refractivity contribution < 1.29 is 19.7 Å². The normalized spacial score (nSPS) is 52.2. The van der Waals surface area contributed by atoms with Gasteiger partial charge in [-0.1, -0.05) is 60.1 Å². The fourth-order valence-electron chi connectivity index (χ4n) is 10.8. The van der Waals surface area contributed by atoms with Crippen molar-refractivity contribution in [1.82, 2.24) is 0 Å². The number of hydrogen-bond acceptors (Lipinski definition) is 4. The maximum Gasteiger partial charge on any atom is 0.312 e. The highest BCUT2D eigenvalue weighted by atomic mass is 16.5. The molecule has 4 nitrogen and oxygen atoms in total. The van der Waals surface area contributed by atoms with Crippen LogP contribution in [0.2, 0.25) is 0 Å². The Labute approximate surface area is 213 Å². The van der Waals surface area contributed by atoms with Gasteiger partial charge in [-0.2, -0.15) is 0 Å². The lowest BCUT2D eigenvalue weighted by Crippen LogP contribution is -2.69. The standard InChI is InChI=1S/C31H50O4/c1-26(2)13-15-31(25(34)35-8)16-14-29(6)19(20(31)18-26)9-10-21-28(5)12-11-23(32)27(3,4)22(28)17-24(33)30(21,29)7/h9,20-24,32-33H,10-18H2,1-8H3/t20-,21+,22-,23-,24-,28+,29+,30-,31-/m0/s1. The van der Waals surface area contributed by atoms with Gasteiger partial charge in [0.15, 0.2) is 0 Å². The molecule has 0 amide bonds. The van der Waals surface area contributed by atoms with Crippen LogP contribution in [0.5, 0.6) is 0 Å². The van der Waals surface area contributed by atoms with Crippen molar-refractivity contribution in [2.75, 3.05) is 7.11 Å². The Morgan fingerprint density at radius 1 is 0.914 bits per heavy atom. The first kappa shape index (κ1) is 25.8. The molecule has 0 aliphatic heterocycles. The topological polar surface area (TPSA) is 66.8 Å². The van der Waals surface area contributed by atoms with Crippen molar-refractivity contribution in [3.8, 4) is 0 Å². The van der Waals surface area contributed by atoms with Gasteiger partial charge in [0, 0.05) is 5.41 Å². The van der Waals surface area contributed by atoms with E-state index in [1.54, 1.807) is 7.11 Å². The van der Waals surface area contributed by atoms with E-state index in [-0.39, 0.29) is 45.1 Å². The lowest BCUT2D eigenvalue weighted by molar-refractivity contribution is -0.245. The van der Waals surface area contributed by atoms with Crippen LogP contribution < -0.4 is 0 Å². The zero-order chi connectivity index (χ0) is 25.8. The Morgan fingerprint density at radius 3 is 2.23 bits per heavy atom. The summed E-state index contributed by atoms with van der Waals surface area (Å²) < 4.78 is 5.46. The van der Waals surface area contributed by atoms with E-state index < -0.39 is 11.5 Å². The van der Waals surface area contributed by atoms with Gasteiger partial charge in [0.2, 0.25) is 0 Å². The molecule has 5 rings (SSSR count).